The highest BCUT2D eigenvalue weighted by Crippen LogP contribution is 2.28. The third-order valence-electron chi connectivity index (χ3n) is 5.33. The number of methoxy groups -OCH3 is 1. The number of ether oxygens (including phenoxy) is 1. The number of rotatable bonds is 7. The molecule has 1 saturated heterocycles. The van der Waals surface area contributed by atoms with Crippen LogP contribution in [0.1, 0.15) is 56.3 Å². The van der Waals surface area contributed by atoms with E-state index in [2.05, 4.69) is 5.32 Å². The van der Waals surface area contributed by atoms with Crippen LogP contribution in [-0.4, -0.2) is 50.8 Å². The van der Waals surface area contributed by atoms with Crippen molar-refractivity contribution in [3.63, 3.8) is 0 Å². The number of hydrogen-bond acceptors (Lipinski definition) is 5. The lowest BCUT2D eigenvalue weighted by Crippen LogP contribution is -2.45. The van der Waals surface area contributed by atoms with Gasteiger partial charge < -0.3 is 10.1 Å². The first kappa shape index (κ1) is 23.6. The van der Waals surface area contributed by atoms with Crippen LogP contribution in [-0.2, 0) is 19.6 Å². The summed E-state index contributed by atoms with van der Waals surface area (Å²) >= 11 is 6.19. The van der Waals surface area contributed by atoms with Crippen molar-refractivity contribution in [2.75, 3.05) is 20.2 Å². The molecular weight excluding hydrogens is 416 g/mol. The fourth-order valence-electron chi connectivity index (χ4n) is 3.28. The molecule has 0 aliphatic carbocycles. The van der Waals surface area contributed by atoms with Gasteiger partial charge in [0.2, 0.25) is 10.0 Å². The molecule has 2 rings (SSSR count). The highest BCUT2D eigenvalue weighted by Gasteiger charge is 2.30. The van der Waals surface area contributed by atoms with E-state index in [0.717, 1.165) is 25.7 Å². The summed E-state index contributed by atoms with van der Waals surface area (Å²) in [6.07, 6.45) is 4.24. The summed E-state index contributed by atoms with van der Waals surface area (Å²) in [5, 5.41) is 2.72. The molecule has 7 nitrogen and oxygen atoms in total. The summed E-state index contributed by atoms with van der Waals surface area (Å²) < 4.78 is 32.4. The van der Waals surface area contributed by atoms with E-state index in [1.807, 2.05) is 13.8 Å². The first-order chi connectivity index (χ1) is 13.7. The molecular formula is C20H29ClN2O5S. The summed E-state index contributed by atoms with van der Waals surface area (Å²) in [7, 11) is -2.55. The minimum Gasteiger partial charge on any atom is -0.467 e. The van der Waals surface area contributed by atoms with Crippen molar-refractivity contribution in [2.24, 2.45) is 5.92 Å². The predicted octanol–water partition coefficient (Wildman–Crippen LogP) is 3.22. The number of carbonyl (C=O) groups is 2. The molecule has 1 amide bonds. The molecule has 0 spiro atoms. The monoisotopic (exact) mass is 444 g/mol. The molecule has 0 bridgehead atoms. The third kappa shape index (κ3) is 5.71. The van der Waals surface area contributed by atoms with Crippen LogP contribution in [0.5, 0.6) is 0 Å². The molecule has 1 aromatic carbocycles. The fraction of sp³-hybridized carbons (Fsp3) is 0.600. The van der Waals surface area contributed by atoms with E-state index in [4.69, 9.17) is 16.3 Å². The number of nitrogens with one attached hydrogen (secondary N) is 1. The average molecular weight is 445 g/mol. The van der Waals surface area contributed by atoms with E-state index in [9.17, 15) is 18.0 Å². The Morgan fingerprint density at radius 3 is 2.38 bits per heavy atom. The maximum Gasteiger partial charge on any atom is 0.328 e. The number of benzene rings is 1. The highest BCUT2D eigenvalue weighted by molar-refractivity contribution is 7.89. The van der Waals surface area contributed by atoms with Gasteiger partial charge in [0.05, 0.1) is 12.1 Å². The summed E-state index contributed by atoms with van der Waals surface area (Å²) in [6.45, 7) is 4.61. The van der Waals surface area contributed by atoms with Gasteiger partial charge in [0.15, 0.2) is 0 Å². The Balaban J connectivity index is 2.31. The lowest BCUT2D eigenvalue weighted by molar-refractivity contribution is -0.144. The summed E-state index contributed by atoms with van der Waals surface area (Å²) in [5.41, 5.74) is 0.125. The normalized spacial score (nSPS) is 17.8. The standard InChI is InChI=1S/C20H29ClN2O5S/c1-4-14(2)18(20(25)28-3)22-19(24)15-9-10-16(21)17(13-15)29(26,27)23-11-7-5-6-8-12-23/h9-10,13-14,18H,4-8,11-12H2,1-3H3,(H,22,24)/t14-,18-/m1/s1. The van der Waals surface area contributed by atoms with Crippen LogP contribution in [0.25, 0.3) is 0 Å². The minimum absolute atomic E-state index is 0.0669. The van der Waals surface area contributed by atoms with Crippen LogP contribution in [0.2, 0.25) is 5.02 Å². The predicted molar refractivity (Wildman–Crippen MR) is 111 cm³/mol. The Bertz CT molecular complexity index is 835. The van der Waals surface area contributed by atoms with Crippen molar-refractivity contribution < 1.29 is 22.7 Å². The molecule has 9 heteroatoms. The largest absolute Gasteiger partial charge is 0.467 e. The second-order valence-corrected chi connectivity index (χ2v) is 9.64. The maximum absolute atomic E-state index is 13.1. The van der Waals surface area contributed by atoms with Gasteiger partial charge in [0.1, 0.15) is 10.9 Å². The first-order valence-electron chi connectivity index (χ1n) is 9.90. The molecule has 0 radical (unpaired) electrons. The zero-order valence-corrected chi connectivity index (χ0v) is 18.7. The van der Waals surface area contributed by atoms with E-state index >= 15 is 0 Å². The number of nitrogens with zero attached hydrogens (tertiary/aromatic N) is 1. The van der Waals surface area contributed by atoms with Gasteiger partial charge in [-0.3, -0.25) is 4.79 Å². The number of esters is 1. The molecule has 0 unspecified atom stereocenters. The maximum atomic E-state index is 13.1. The molecule has 1 heterocycles. The van der Waals surface area contributed by atoms with Crippen LogP contribution in [0, 0.1) is 5.92 Å². The van der Waals surface area contributed by atoms with Crippen molar-refractivity contribution in [3.05, 3.63) is 28.8 Å². The smallest absolute Gasteiger partial charge is 0.328 e. The van der Waals surface area contributed by atoms with Gasteiger partial charge in [-0.05, 0) is 37.0 Å². The second kappa shape index (κ2) is 10.4. The number of carbonyl (C=O) groups excluding carboxylic acids is 2. The highest BCUT2D eigenvalue weighted by atomic mass is 35.5. The van der Waals surface area contributed by atoms with E-state index in [-0.39, 0.29) is 21.4 Å². The van der Waals surface area contributed by atoms with E-state index in [1.54, 1.807) is 0 Å². The zero-order chi connectivity index (χ0) is 21.6. The molecule has 2 atom stereocenters. The van der Waals surface area contributed by atoms with Crippen molar-refractivity contribution >= 4 is 33.5 Å². The van der Waals surface area contributed by atoms with E-state index in [1.165, 1.54) is 29.6 Å². The summed E-state index contributed by atoms with van der Waals surface area (Å²) in [4.78, 5) is 24.7. The van der Waals surface area contributed by atoms with Gasteiger partial charge >= 0.3 is 5.97 Å². The molecule has 1 aromatic rings. The Labute approximate surface area is 177 Å². The number of halogens is 1. The number of sulfonamides is 1. The quantitative estimate of drug-likeness (QED) is 0.652. The van der Waals surface area contributed by atoms with E-state index < -0.39 is 27.9 Å². The summed E-state index contributed by atoms with van der Waals surface area (Å²) in [6, 6.07) is 3.31. The van der Waals surface area contributed by atoms with Crippen LogP contribution in [0.3, 0.4) is 0 Å². The zero-order valence-electron chi connectivity index (χ0n) is 17.1. The number of amides is 1. The lowest BCUT2D eigenvalue weighted by atomic mass is 9.99. The molecule has 29 heavy (non-hydrogen) atoms. The van der Waals surface area contributed by atoms with Gasteiger partial charge in [-0.25, -0.2) is 13.2 Å². The van der Waals surface area contributed by atoms with Crippen LogP contribution in [0.15, 0.2) is 23.1 Å². The average Bonchev–Trinajstić information content (AvgIpc) is 3.01. The topological polar surface area (TPSA) is 92.8 Å². The Kier molecular flexibility index (Phi) is 8.48. The molecule has 1 N–H and O–H groups in total. The minimum atomic E-state index is -3.81. The van der Waals surface area contributed by atoms with Gasteiger partial charge in [-0.1, -0.05) is 44.7 Å². The van der Waals surface area contributed by atoms with Crippen LogP contribution < -0.4 is 5.32 Å². The van der Waals surface area contributed by atoms with Gasteiger partial charge in [-0.15, -0.1) is 0 Å². The Morgan fingerprint density at radius 1 is 1.21 bits per heavy atom. The van der Waals surface area contributed by atoms with Gasteiger partial charge in [0.25, 0.3) is 5.91 Å². The molecule has 1 aliphatic heterocycles. The molecule has 0 aromatic heterocycles. The van der Waals surface area contributed by atoms with Crippen LogP contribution in [0.4, 0.5) is 0 Å². The molecule has 1 aliphatic rings. The fourth-order valence-corrected chi connectivity index (χ4v) is 5.30. The van der Waals surface area contributed by atoms with Crippen molar-refractivity contribution in [3.8, 4) is 0 Å². The van der Waals surface area contributed by atoms with E-state index in [0.29, 0.717) is 19.5 Å². The Hall–Kier alpha value is -1.64. The van der Waals surface area contributed by atoms with Gasteiger partial charge in [-0.2, -0.15) is 4.31 Å². The van der Waals surface area contributed by atoms with Crippen molar-refractivity contribution in [2.45, 2.75) is 56.9 Å². The second-order valence-electron chi connectivity index (χ2n) is 7.32. The summed E-state index contributed by atoms with van der Waals surface area (Å²) in [5.74, 6) is -1.23. The number of hydrogen-bond donors (Lipinski definition) is 1. The first-order valence-corrected chi connectivity index (χ1v) is 11.7. The molecule has 0 saturated carbocycles. The molecule has 162 valence electrons. The van der Waals surface area contributed by atoms with Crippen molar-refractivity contribution in [1.82, 2.24) is 9.62 Å². The third-order valence-corrected chi connectivity index (χ3v) is 7.71. The van der Waals surface area contributed by atoms with Crippen LogP contribution >= 0.6 is 11.6 Å². The SMILES string of the molecule is CC[C@@H](C)[C@@H](NC(=O)c1ccc(Cl)c(S(=O)(=O)N2CCCCCC2)c1)C(=O)OC. The molecule has 1 fully saturated rings. The van der Waals surface area contributed by atoms with Crippen molar-refractivity contribution in [1.29, 1.82) is 0 Å². The Morgan fingerprint density at radius 2 is 1.83 bits per heavy atom. The van der Waals surface area contributed by atoms with Gasteiger partial charge in [0, 0.05) is 18.7 Å². The lowest BCUT2D eigenvalue weighted by Gasteiger charge is -2.23.